The molecule has 0 fully saturated rings. The lowest BCUT2D eigenvalue weighted by atomic mass is 9.98. The predicted octanol–water partition coefficient (Wildman–Crippen LogP) is 4.80. The molecule has 0 radical (unpaired) electrons. The number of hydrogen-bond acceptors (Lipinski definition) is 4. The van der Waals surface area contributed by atoms with Crippen molar-refractivity contribution < 1.29 is 13.9 Å². The van der Waals surface area contributed by atoms with Crippen LogP contribution in [0, 0.1) is 0 Å². The highest BCUT2D eigenvalue weighted by Gasteiger charge is 2.26. The van der Waals surface area contributed by atoms with Crippen LogP contribution < -0.4 is 10.5 Å². The van der Waals surface area contributed by atoms with E-state index in [0.29, 0.717) is 12.3 Å². The van der Waals surface area contributed by atoms with Crippen LogP contribution in [0.25, 0.3) is 0 Å². The van der Waals surface area contributed by atoms with Crippen molar-refractivity contribution in [2.45, 2.75) is 19.3 Å². The number of methoxy groups -OCH3 is 1. The topological polar surface area (TPSA) is 53.6 Å². The number of nitrogens with zero attached hydrogens (tertiary/aromatic N) is 1. The Balaban J connectivity index is 1.73. The molecule has 5 nitrogen and oxygen atoms in total. The predicted molar refractivity (Wildman–Crippen MR) is 115 cm³/mol. The summed E-state index contributed by atoms with van der Waals surface area (Å²) in [6.07, 6.45) is 0. The Labute approximate surface area is 175 Å². The zero-order valence-electron chi connectivity index (χ0n) is 16.7. The van der Waals surface area contributed by atoms with Crippen LogP contribution in [0.15, 0.2) is 100 Å². The monoisotopic (exact) mass is 401 g/mol. The number of aromatic nitrogens is 1. The molecule has 0 unspecified atom stereocenters. The Kier molecular flexibility index (Phi) is 6.11. The third-order valence-corrected chi connectivity index (χ3v) is 4.93. The van der Waals surface area contributed by atoms with Crippen molar-refractivity contribution in [3.63, 3.8) is 0 Å². The van der Waals surface area contributed by atoms with Gasteiger partial charge in [0, 0.05) is 0 Å². The lowest BCUT2D eigenvalue weighted by Crippen LogP contribution is -2.25. The molecule has 0 saturated heterocycles. The molecule has 152 valence electrons. The molecule has 3 aromatic carbocycles. The normalized spacial score (nSPS) is 11.0. The Bertz CT molecular complexity index is 1080. The molecule has 5 heteroatoms. The van der Waals surface area contributed by atoms with Gasteiger partial charge in [-0.2, -0.15) is 0 Å². The molecular formula is C25H23NO4. The lowest BCUT2D eigenvalue weighted by Gasteiger charge is -2.21. The summed E-state index contributed by atoms with van der Waals surface area (Å²) in [6.45, 7) is 0.602. The molecule has 4 aromatic rings. The van der Waals surface area contributed by atoms with Crippen LogP contribution in [0.3, 0.4) is 0 Å². The molecule has 0 saturated carbocycles. The minimum atomic E-state index is -0.483. The fourth-order valence-electron chi connectivity index (χ4n) is 3.55. The molecule has 1 heterocycles. The van der Waals surface area contributed by atoms with E-state index in [0.717, 1.165) is 16.7 Å². The van der Waals surface area contributed by atoms with Crippen molar-refractivity contribution in [1.82, 2.24) is 4.57 Å². The average Bonchev–Trinajstić information content (AvgIpc) is 3.11. The van der Waals surface area contributed by atoms with E-state index in [4.69, 9.17) is 13.9 Å². The number of benzene rings is 3. The molecule has 0 aliphatic rings. The second kappa shape index (κ2) is 9.29. The van der Waals surface area contributed by atoms with Crippen LogP contribution in [0.1, 0.15) is 28.4 Å². The van der Waals surface area contributed by atoms with Gasteiger partial charge in [-0.15, -0.1) is 0 Å². The standard InChI is InChI=1S/C25H23NO4/c1-28-24-22(18-29-17-19-11-5-2-6-12-19)26(25(27)30-24)23(20-13-7-3-8-14-20)21-15-9-4-10-16-21/h2-16,23H,17-18H2,1H3. The van der Waals surface area contributed by atoms with Gasteiger partial charge in [-0.25, -0.2) is 4.79 Å². The van der Waals surface area contributed by atoms with Gasteiger partial charge in [0.2, 0.25) is 0 Å². The van der Waals surface area contributed by atoms with Gasteiger partial charge >= 0.3 is 11.7 Å². The highest BCUT2D eigenvalue weighted by Crippen LogP contribution is 2.30. The van der Waals surface area contributed by atoms with E-state index in [9.17, 15) is 4.79 Å². The van der Waals surface area contributed by atoms with E-state index in [2.05, 4.69) is 0 Å². The van der Waals surface area contributed by atoms with E-state index >= 15 is 0 Å². The third kappa shape index (κ3) is 4.21. The molecule has 0 amide bonds. The summed E-state index contributed by atoms with van der Waals surface area (Å²) in [7, 11) is 1.49. The molecular weight excluding hydrogens is 378 g/mol. The summed E-state index contributed by atoms with van der Waals surface area (Å²) in [4.78, 5) is 12.9. The minimum Gasteiger partial charge on any atom is -0.467 e. The van der Waals surface area contributed by atoms with Crippen LogP contribution in [0.4, 0.5) is 0 Å². The Morgan fingerprint density at radius 3 is 1.87 bits per heavy atom. The first kappa shape index (κ1) is 19.7. The van der Waals surface area contributed by atoms with Gasteiger partial charge in [0.1, 0.15) is 5.69 Å². The Morgan fingerprint density at radius 1 is 0.800 bits per heavy atom. The second-order valence-corrected chi connectivity index (χ2v) is 6.88. The van der Waals surface area contributed by atoms with Gasteiger partial charge < -0.3 is 13.9 Å². The molecule has 4 rings (SSSR count). The fourth-order valence-corrected chi connectivity index (χ4v) is 3.55. The summed E-state index contributed by atoms with van der Waals surface area (Å²) in [5, 5.41) is 0. The van der Waals surface area contributed by atoms with Crippen LogP contribution in [0.2, 0.25) is 0 Å². The quantitative estimate of drug-likeness (QED) is 0.425. The van der Waals surface area contributed by atoms with Crippen molar-refractivity contribution in [3.05, 3.63) is 124 Å². The summed E-state index contributed by atoms with van der Waals surface area (Å²) in [5.41, 5.74) is 3.56. The van der Waals surface area contributed by atoms with Gasteiger partial charge in [0.05, 0.1) is 26.4 Å². The highest BCUT2D eigenvalue weighted by atomic mass is 16.6. The van der Waals surface area contributed by atoms with Crippen LogP contribution in [-0.4, -0.2) is 11.7 Å². The van der Waals surface area contributed by atoms with Crippen molar-refractivity contribution >= 4 is 0 Å². The minimum absolute atomic E-state index is 0.171. The highest BCUT2D eigenvalue weighted by molar-refractivity contribution is 5.34. The van der Waals surface area contributed by atoms with E-state index in [1.54, 1.807) is 4.57 Å². The lowest BCUT2D eigenvalue weighted by molar-refractivity contribution is 0.0988. The van der Waals surface area contributed by atoms with Gasteiger partial charge in [-0.1, -0.05) is 91.0 Å². The molecule has 0 bridgehead atoms. The van der Waals surface area contributed by atoms with Crippen molar-refractivity contribution in [2.75, 3.05) is 7.11 Å². The Morgan fingerprint density at radius 2 is 1.33 bits per heavy atom. The van der Waals surface area contributed by atoms with Gasteiger partial charge in [-0.05, 0) is 16.7 Å². The smallest absolute Gasteiger partial charge is 0.423 e. The maximum absolute atomic E-state index is 12.9. The number of hydrogen-bond donors (Lipinski definition) is 0. The number of oxazole rings is 1. The average molecular weight is 401 g/mol. The fraction of sp³-hybridized carbons (Fsp3) is 0.160. The van der Waals surface area contributed by atoms with Crippen molar-refractivity contribution in [2.24, 2.45) is 0 Å². The number of ether oxygens (including phenoxy) is 2. The Hall–Kier alpha value is -3.57. The molecule has 0 spiro atoms. The first-order valence-electron chi connectivity index (χ1n) is 9.77. The summed E-state index contributed by atoms with van der Waals surface area (Å²) in [5.74, 6) is -0.312. The maximum Gasteiger partial charge on any atom is 0.423 e. The van der Waals surface area contributed by atoms with Crippen LogP contribution in [-0.2, 0) is 18.0 Å². The molecule has 1 aromatic heterocycles. The molecule has 0 N–H and O–H groups in total. The molecule has 0 aliphatic carbocycles. The second-order valence-electron chi connectivity index (χ2n) is 6.88. The van der Waals surface area contributed by atoms with Crippen LogP contribution >= 0.6 is 0 Å². The van der Waals surface area contributed by atoms with Crippen LogP contribution in [0.5, 0.6) is 5.95 Å². The summed E-state index contributed by atoms with van der Waals surface area (Å²) >= 11 is 0. The summed E-state index contributed by atoms with van der Waals surface area (Å²) < 4.78 is 18.3. The third-order valence-electron chi connectivity index (χ3n) is 4.93. The molecule has 30 heavy (non-hydrogen) atoms. The van der Waals surface area contributed by atoms with E-state index < -0.39 is 5.76 Å². The van der Waals surface area contributed by atoms with Gasteiger partial charge in [-0.3, -0.25) is 4.57 Å². The maximum atomic E-state index is 12.9. The largest absolute Gasteiger partial charge is 0.467 e. The van der Waals surface area contributed by atoms with Gasteiger partial charge in [0.25, 0.3) is 0 Å². The number of rotatable bonds is 8. The van der Waals surface area contributed by atoms with E-state index in [-0.39, 0.29) is 18.6 Å². The first-order valence-corrected chi connectivity index (χ1v) is 9.77. The zero-order chi connectivity index (χ0) is 20.8. The SMILES string of the molecule is COc1oc(=O)n(C(c2ccccc2)c2ccccc2)c1COCc1ccccc1. The molecule has 0 aliphatic heterocycles. The molecule has 0 atom stereocenters. The van der Waals surface area contributed by atoms with Crippen molar-refractivity contribution in [3.8, 4) is 5.95 Å². The summed E-state index contributed by atoms with van der Waals surface area (Å²) in [6, 6.07) is 29.3. The van der Waals surface area contributed by atoms with Crippen molar-refractivity contribution in [1.29, 1.82) is 0 Å². The zero-order valence-corrected chi connectivity index (χ0v) is 16.7. The van der Waals surface area contributed by atoms with E-state index in [1.807, 2.05) is 91.0 Å². The first-order chi connectivity index (χ1) is 14.8. The van der Waals surface area contributed by atoms with Gasteiger partial charge in [0.15, 0.2) is 0 Å². The van der Waals surface area contributed by atoms with E-state index in [1.165, 1.54) is 7.11 Å².